The minimum atomic E-state index is -0.802. The van der Waals surface area contributed by atoms with E-state index in [0.29, 0.717) is 39.1 Å². The predicted molar refractivity (Wildman–Crippen MR) is 105 cm³/mol. The second-order valence-corrected chi connectivity index (χ2v) is 7.31. The summed E-state index contributed by atoms with van der Waals surface area (Å²) in [6.45, 7) is 4.12. The Morgan fingerprint density at radius 3 is 2.63 bits per heavy atom. The van der Waals surface area contributed by atoms with E-state index in [1.807, 2.05) is 0 Å². The van der Waals surface area contributed by atoms with Gasteiger partial charge in [0.1, 0.15) is 10.1 Å². The van der Waals surface area contributed by atoms with Crippen LogP contribution in [0.25, 0.3) is 5.52 Å². The zero-order valence-corrected chi connectivity index (χ0v) is 17.9. The Morgan fingerprint density at radius 1 is 1.26 bits per heavy atom. The van der Waals surface area contributed by atoms with Gasteiger partial charge in [-0.1, -0.05) is 0 Å². The molecule has 1 aliphatic heterocycles. The third-order valence-electron chi connectivity index (χ3n) is 4.09. The topological polar surface area (TPSA) is 94.3 Å². The minimum Gasteiger partial charge on any atom is -0.449 e. The van der Waals surface area contributed by atoms with Crippen molar-refractivity contribution in [2.75, 3.05) is 18.2 Å². The molecule has 0 bridgehead atoms. The van der Waals surface area contributed by atoms with Crippen LogP contribution in [0.15, 0.2) is 19.9 Å². The highest BCUT2D eigenvalue weighted by atomic mass is 79.9. The maximum Gasteiger partial charge on any atom is 0.435 e. The van der Waals surface area contributed by atoms with E-state index in [1.54, 1.807) is 28.9 Å². The summed E-state index contributed by atoms with van der Waals surface area (Å²) in [5.74, 6) is 0.325. The lowest BCUT2D eigenvalue weighted by atomic mass is 10.3. The Balaban J connectivity index is 2.27. The zero-order valence-electron chi connectivity index (χ0n) is 14.8. The number of aromatic nitrogens is 2. The van der Waals surface area contributed by atoms with Crippen LogP contribution < -0.4 is 16.0 Å². The standard InChI is InChI=1S/C16H18Br2N4O5/c1-3-26-15(24)19-22(16(25)27-4-2)13-10-6-5-7-20(10)14(23)11-8-9(17)12(18)21(11)13/h8H,3-7H2,1-2H3,(H,19,24). The molecule has 146 valence electrons. The summed E-state index contributed by atoms with van der Waals surface area (Å²) in [5, 5.41) is 0.988. The van der Waals surface area contributed by atoms with Crippen LogP contribution in [0.4, 0.5) is 15.4 Å². The van der Waals surface area contributed by atoms with Gasteiger partial charge in [-0.25, -0.2) is 15.0 Å². The van der Waals surface area contributed by atoms with Gasteiger partial charge in [-0.2, -0.15) is 5.01 Å². The maximum atomic E-state index is 12.8. The number of fused-ring (bicyclic) bond motifs is 2. The van der Waals surface area contributed by atoms with Gasteiger partial charge < -0.3 is 14.0 Å². The number of rotatable bonds is 3. The first-order valence-electron chi connectivity index (χ1n) is 8.43. The molecule has 3 heterocycles. The van der Waals surface area contributed by atoms with Crippen LogP contribution in [0, 0.1) is 0 Å². The molecule has 0 spiro atoms. The molecule has 27 heavy (non-hydrogen) atoms. The molecule has 0 radical (unpaired) electrons. The molecule has 0 atom stereocenters. The minimum absolute atomic E-state index is 0.120. The summed E-state index contributed by atoms with van der Waals surface area (Å²) in [5.41, 5.74) is 3.23. The highest BCUT2D eigenvalue weighted by Crippen LogP contribution is 2.34. The molecule has 3 rings (SSSR count). The lowest BCUT2D eigenvalue weighted by Crippen LogP contribution is -2.49. The van der Waals surface area contributed by atoms with Crippen LogP contribution in [0.5, 0.6) is 0 Å². The predicted octanol–water partition coefficient (Wildman–Crippen LogP) is 3.20. The number of carbonyl (C=O) groups excluding carboxylic acids is 2. The molecule has 0 saturated carbocycles. The van der Waals surface area contributed by atoms with Gasteiger partial charge in [-0.15, -0.1) is 0 Å². The van der Waals surface area contributed by atoms with Gasteiger partial charge >= 0.3 is 12.2 Å². The molecule has 0 fully saturated rings. The Hall–Kier alpha value is -2.01. The van der Waals surface area contributed by atoms with Gasteiger partial charge in [0.2, 0.25) is 0 Å². The van der Waals surface area contributed by atoms with Crippen LogP contribution >= 0.6 is 31.9 Å². The lowest BCUT2D eigenvalue weighted by molar-refractivity contribution is 0.138. The SMILES string of the molecule is CCOC(=O)NN(C(=O)OCC)c1c2n(c(=O)c3cc(Br)c(Br)n13)CCC2. The normalized spacial score (nSPS) is 12.7. The highest BCUT2D eigenvalue weighted by Gasteiger charge is 2.32. The van der Waals surface area contributed by atoms with Crippen LogP contribution in [-0.2, 0) is 22.4 Å². The summed E-state index contributed by atoms with van der Waals surface area (Å²) in [4.78, 5) is 37.5. The van der Waals surface area contributed by atoms with Crippen molar-refractivity contribution in [3.8, 4) is 0 Å². The van der Waals surface area contributed by atoms with E-state index in [4.69, 9.17) is 9.47 Å². The fourth-order valence-electron chi connectivity index (χ4n) is 3.08. The van der Waals surface area contributed by atoms with Gasteiger partial charge in [0.25, 0.3) is 5.56 Å². The van der Waals surface area contributed by atoms with Gasteiger partial charge in [0.15, 0.2) is 5.82 Å². The maximum absolute atomic E-state index is 12.8. The molecular weight excluding hydrogens is 488 g/mol. The van der Waals surface area contributed by atoms with E-state index in [-0.39, 0.29) is 18.8 Å². The number of hydrazine groups is 1. The third kappa shape index (κ3) is 3.45. The Labute approximate surface area is 171 Å². The number of halogens is 2. The average Bonchev–Trinajstić information content (AvgIpc) is 3.21. The molecule has 11 heteroatoms. The van der Waals surface area contributed by atoms with Gasteiger partial charge in [0.05, 0.1) is 23.4 Å². The Morgan fingerprint density at radius 2 is 1.96 bits per heavy atom. The second-order valence-electron chi connectivity index (χ2n) is 5.70. The summed E-state index contributed by atoms with van der Waals surface area (Å²) in [6.07, 6.45) is -0.256. The van der Waals surface area contributed by atoms with E-state index >= 15 is 0 Å². The summed E-state index contributed by atoms with van der Waals surface area (Å²) >= 11 is 6.84. The zero-order chi connectivity index (χ0) is 19.7. The number of ether oxygens (including phenoxy) is 2. The van der Waals surface area contributed by atoms with E-state index < -0.39 is 12.2 Å². The molecule has 2 amide bonds. The first-order valence-corrected chi connectivity index (χ1v) is 10.0. The molecule has 1 aliphatic rings. The van der Waals surface area contributed by atoms with Crippen molar-refractivity contribution >= 4 is 55.4 Å². The number of hydrogen-bond acceptors (Lipinski definition) is 5. The van der Waals surface area contributed by atoms with E-state index in [2.05, 4.69) is 37.3 Å². The van der Waals surface area contributed by atoms with Crippen molar-refractivity contribution in [1.29, 1.82) is 0 Å². The van der Waals surface area contributed by atoms with Crippen LogP contribution in [0.3, 0.4) is 0 Å². The number of hydrogen-bond donors (Lipinski definition) is 1. The smallest absolute Gasteiger partial charge is 0.435 e. The first-order chi connectivity index (χ1) is 12.9. The number of amides is 2. The molecule has 0 aliphatic carbocycles. The molecule has 0 saturated heterocycles. The molecule has 2 aromatic heterocycles. The van der Waals surface area contributed by atoms with E-state index in [0.717, 1.165) is 11.4 Å². The average molecular weight is 506 g/mol. The summed E-state index contributed by atoms with van der Waals surface area (Å²) < 4.78 is 14.4. The number of carbonyl (C=O) groups is 2. The van der Waals surface area contributed by atoms with Crippen molar-refractivity contribution in [2.45, 2.75) is 33.2 Å². The van der Waals surface area contributed by atoms with Crippen LogP contribution in [-0.4, -0.2) is 34.4 Å². The Kier molecular flexibility index (Phi) is 5.80. The molecule has 0 unspecified atom stereocenters. The molecule has 2 aromatic rings. The molecular formula is C16H18Br2N4O5. The van der Waals surface area contributed by atoms with Crippen molar-refractivity contribution < 1.29 is 19.1 Å². The highest BCUT2D eigenvalue weighted by molar-refractivity contribution is 9.13. The quantitative estimate of drug-likeness (QED) is 0.646. The van der Waals surface area contributed by atoms with Crippen molar-refractivity contribution in [2.24, 2.45) is 0 Å². The van der Waals surface area contributed by atoms with Gasteiger partial charge in [-0.05, 0) is 64.6 Å². The van der Waals surface area contributed by atoms with Crippen molar-refractivity contribution in [1.82, 2.24) is 14.4 Å². The second kappa shape index (κ2) is 7.93. The third-order valence-corrected chi connectivity index (χ3v) is 6.01. The number of nitrogens with zero attached hydrogens (tertiary/aromatic N) is 3. The van der Waals surface area contributed by atoms with Gasteiger partial charge in [-0.3, -0.25) is 9.20 Å². The summed E-state index contributed by atoms with van der Waals surface area (Å²) in [7, 11) is 0. The first kappa shape index (κ1) is 19.7. The van der Waals surface area contributed by atoms with E-state index in [9.17, 15) is 14.4 Å². The lowest BCUT2D eigenvalue weighted by Gasteiger charge is -2.25. The number of nitrogens with one attached hydrogen (secondary N) is 1. The Bertz CT molecular complexity index is 968. The largest absolute Gasteiger partial charge is 0.449 e. The van der Waals surface area contributed by atoms with Gasteiger partial charge in [0, 0.05) is 6.54 Å². The van der Waals surface area contributed by atoms with Crippen LogP contribution in [0.2, 0.25) is 0 Å². The fraction of sp³-hybridized carbons (Fsp3) is 0.438. The molecule has 1 N–H and O–H groups in total. The monoisotopic (exact) mass is 504 g/mol. The van der Waals surface area contributed by atoms with Crippen LogP contribution in [0.1, 0.15) is 26.0 Å². The molecule has 9 nitrogen and oxygen atoms in total. The fourth-order valence-corrected chi connectivity index (χ4v) is 3.94. The van der Waals surface area contributed by atoms with Crippen molar-refractivity contribution in [3.63, 3.8) is 0 Å². The summed E-state index contributed by atoms with van der Waals surface area (Å²) in [6, 6.07) is 1.66. The molecule has 0 aromatic carbocycles. The van der Waals surface area contributed by atoms with E-state index in [1.165, 1.54) is 0 Å². The van der Waals surface area contributed by atoms with Crippen molar-refractivity contribution in [3.05, 3.63) is 31.2 Å². The number of anilines is 1.